The summed E-state index contributed by atoms with van der Waals surface area (Å²) in [5.74, 6) is 1.06. The second-order valence-electron chi connectivity index (χ2n) is 5.98. The number of para-hydroxylation sites is 1. The van der Waals surface area contributed by atoms with Gasteiger partial charge in [0.1, 0.15) is 6.07 Å². The zero-order valence-corrected chi connectivity index (χ0v) is 12.0. The normalized spacial score (nSPS) is 21.1. The molecule has 2 aliphatic rings. The summed E-state index contributed by atoms with van der Waals surface area (Å²) in [5, 5.41) is 12.4. The predicted molar refractivity (Wildman–Crippen MR) is 81.5 cm³/mol. The van der Waals surface area contributed by atoms with Gasteiger partial charge in [-0.3, -0.25) is 4.79 Å². The monoisotopic (exact) mass is 284 g/mol. The molecule has 1 heterocycles. The highest BCUT2D eigenvalue weighted by Crippen LogP contribution is 2.33. The number of benzene rings is 1. The first-order valence-electron chi connectivity index (χ1n) is 7.50. The number of carbonyl (C=O) groups excluding carboxylic acids is 1. The van der Waals surface area contributed by atoms with Gasteiger partial charge in [0.15, 0.2) is 0 Å². The van der Waals surface area contributed by atoms with Gasteiger partial charge in [-0.2, -0.15) is 5.26 Å². The first-order valence-corrected chi connectivity index (χ1v) is 7.50. The maximum absolute atomic E-state index is 12.0. The number of nitrogens with two attached hydrogens (primary N) is 1. The van der Waals surface area contributed by atoms with E-state index in [1.165, 1.54) is 0 Å². The lowest BCUT2D eigenvalue weighted by Crippen LogP contribution is -2.30. The van der Waals surface area contributed by atoms with E-state index in [-0.39, 0.29) is 0 Å². The SMILES string of the molecule is N#Cc1cccc(N)c1NC[C@@H]1CCN(C(=O)C2CC2)C1. The lowest BCUT2D eigenvalue weighted by Gasteiger charge is -2.17. The van der Waals surface area contributed by atoms with Crippen LogP contribution in [0, 0.1) is 23.2 Å². The molecule has 3 rings (SSSR count). The number of hydrogen-bond donors (Lipinski definition) is 2. The third-order valence-corrected chi connectivity index (χ3v) is 4.31. The minimum absolute atomic E-state index is 0.298. The Morgan fingerprint density at radius 2 is 2.24 bits per heavy atom. The molecule has 110 valence electrons. The van der Waals surface area contributed by atoms with Crippen LogP contribution in [0.1, 0.15) is 24.8 Å². The van der Waals surface area contributed by atoms with Crippen LogP contribution in [0.5, 0.6) is 0 Å². The van der Waals surface area contributed by atoms with Crippen LogP contribution in [-0.2, 0) is 4.79 Å². The van der Waals surface area contributed by atoms with E-state index in [0.29, 0.717) is 34.7 Å². The molecule has 5 nitrogen and oxygen atoms in total. The van der Waals surface area contributed by atoms with E-state index in [0.717, 1.165) is 38.9 Å². The first kappa shape index (κ1) is 13.7. The molecule has 1 aromatic carbocycles. The molecular formula is C16H20N4O. The molecular weight excluding hydrogens is 264 g/mol. The molecule has 3 N–H and O–H groups in total. The lowest BCUT2D eigenvalue weighted by molar-refractivity contribution is -0.131. The van der Waals surface area contributed by atoms with Crippen molar-refractivity contribution in [3.8, 4) is 6.07 Å². The number of hydrogen-bond acceptors (Lipinski definition) is 4. The molecule has 1 aliphatic carbocycles. The smallest absolute Gasteiger partial charge is 0.225 e. The number of rotatable bonds is 4. The summed E-state index contributed by atoms with van der Waals surface area (Å²) in [6.07, 6.45) is 3.13. The van der Waals surface area contributed by atoms with Crippen LogP contribution in [0.15, 0.2) is 18.2 Å². The van der Waals surface area contributed by atoms with Crippen molar-refractivity contribution in [1.29, 1.82) is 5.26 Å². The fourth-order valence-electron chi connectivity index (χ4n) is 2.89. The fourth-order valence-corrected chi connectivity index (χ4v) is 2.89. The summed E-state index contributed by atoms with van der Waals surface area (Å²) in [6, 6.07) is 7.49. The number of nitrogens with one attached hydrogen (secondary N) is 1. The van der Waals surface area contributed by atoms with Gasteiger partial charge in [0.25, 0.3) is 0 Å². The molecule has 21 heavy (non-hydrogen) atoms. The standard InChI is InChI=1S/C16H20N4O/c17-8-13-2-1-3-14(18)15(13)19-9-11-6-7-20(10-11)16(21)12-4-5-12/h1-3,11-12,19H,4-7,9-10,18H2/t11-/m0/s1. The van der Waals surface area contributed by atoms with E-state index < -0.39 is 0 Å². The highest BCUT2D eigenvalue weighted by atomic mass is 16.2. The second-order valence-corrected chi connectivity index (χ2v) is 5.98. The van der Waals surface area contributed by atoms with E-state index in [4.69, 9.17) is 11.0 Å². The minimum atomic E-state index is 0.298. The van der Waals surface area contributed by atoms with Gasteiger partial charge in [-0.05, 0) is 37.3 Å². The Morgan fingerprint density at radius 1 is 1.43 bits per heavy atom. The average Bonchev–Trinajstić information content (AvgIpc) is 3.23. The van der Waals surface area contributed by atoms with E-state index in [1.807, 2.05) is 4.90 Å². The molecule has 1 amide bonds. The molecule has 2 fully saturated rings. The largest absolute Gasteiger partial charge is 0.397 e. The summed E-state index contributed by atoms with van der Waals surface area (Å²) in [6.45, 7) is 2.42. The highest BCUT2D eigenvalue weighted by Gasteiger charge is 2.36. The van der Waals surface area contributed by atoms with Crippen molar-refractivity contribution >= 4 is 17.3 Å². The Hall–Kier alpha value is -2.22. The predicted octanol–water partition coefficient (Wildman–Crippen LogP) is 1.81. The maximum Gasteiger partial charge on any atom is 0.225 e. The van der Waals surface area contributed by atoms with Crippen molar-refractivity contribution in [2.75, 3.05) is 30.7 Å². The molecule has 0 bridgehead atoms. The van der Waals surface area contributed by atoms with Crippen LogP contribution in [0.25, 0.3) is 0 Å². The topological polar surface area (TPSA) is 82.2 Å². The Bertz CT molecular complexity index is 588. The number of anilines is 2. The minimum Gasteiger partial charge on any atom is -0.397 e. The van der Waals surface area contributed by atoms with Crippen LogP contribution in [0.4, 0.5) is 11.4 Å². The van der Waals surface area contributed by atoms with Crippen LogP contribution in [0.2, 0.25) is 0 Å². The first-order chi connectivity index (χ1) is 10.2. The number of nitrogen functional groups attached to an aromatic ring is 1. The zero-order valence-electron chi connectivity index (χ0n) is 12.0. The van der Waals surface area contributed by atoms with Gasteiger partial charge in [0.2, 0.25) is 5.91 Å². The molecule has 1 aliphatic heterocycles. The van der Waals surface area contributed by atoms with Gasteiger partial charge < -0.3 is 16.0 Å². The quantitative estimate of drug-likeness (QED) is 0.826. The molecule has 0 spiro atoms. The number of likely N-dealkylation sites (tertiary alicyclic amines) is 1. The summed E-state index contributed by atoms with van der Waals surface area (Å²) < 4.78 is 0. The van der Waals surface area contributed by atoms with Crippen molar-refractivity contribution in [2.24, 2.45) is 11.8 Å². The zero-order chi connectivity index (χ0) is 14.8. The van der Waals surface area contributed by atoms with Gasteiger partial charge in [-0.1, -0.05) is 6.07 Å². The molecule has 0 aromatic heterocycles. The Balaban J connectivity index is 1.57. The van der Waals surface area contributed by atoms with Crippen molar-refractivity contribution in [2.45, 2.75) is 19.3 Å². The molecule has 1 atom stereocenters. The van der Waals surface area contributed by atoms with Crippen LogP contribution in [0.3, 0.4) is 0 Å². The number of amides is 1. The van der Waals surface area contributed by atoms with E-state index in [2.05, 4.69) is 11.4 Å². The molecule has 1 aromatic rings. The van der Waals surface area contributed by atoms with Crippen LogP contribution >= 0.6 is 0 Å². The van der Waals surface area contributed by atoms with Gasteiger partial charge in [0, 0.05) is 25.6 Å². The molecule has 0 radical (unpaired) electrons. The van der Waals surface area contributed by atoms with E-state index in [9.17, 15) is 4.79 Å². The summed E-state index contributed by atoms with van der Waals surface area (Å²) >= 11 is 0. The van der Waals surface area contributed by atoms with Crippen LogP contribution in [-0.4, -0.2) is 30.4 Å². The molecule has 1 saturated heterocycles. The third kappa shape index (κ3) is 2.94. The Kier molecular flexibility index (Phi) is 3.70. The van der Waals surface area contributed by atoms with Crippen molar-refractivity contribution in [1.82, 2.24) is 4.90 Å². The van der Waals surface area contributed by atoms with E-state index >= 15 is 0 Å². The summed E-state index contributed by atoms with van der Waals surface area (Å²) in [7, 11) is 0. The summed E-state index contributed by atoms with van der Waals surface area (Å²) in [5.41, 5.74) is 7.81. The molecule has 1 saturated carbocycles. The van der Waals surface area contributed by atoms with Gasteiger partial charge in [-0.15, -0.1) is 0 Å². The number of nitriles is 1. The third-order valence-electron chi connectivity index (χ3n) is 4.31. The second kappa shape index (κ2) is 5.65. The maximum atomic E-state index is 12.0. The molecule has 0 unspecified atom stereocenters. The Morgan fingerprint density at radius 3 is 2.95 bits per heavy atom. The summed E-state index contributed by atoms with van der Waals surface area (Å²) in [4.78, 5) is 14.0. The van der Waals surface area contributed by atoms with Gasteiger partial charge in [-0.25, -0.2) is 0 Å². The van der Waals surface area contributed by atoms with Gasteiger partial charge in [0.05, 0.1) is 16.9 Å². The molecule has 5 heteroatoms. The van der Waals surface area contributed by atoms with Crippen molar-refractivity contribution in [3.63, 3.8) is 0 Å². The number of carbonyl (C=O) groups is 1. The van der Waals surface area contributed by atoms with Crippen LogP contribution < -0.4 is 11.1 Å². The number of nitrogens with zero attached hydrogens (tertiary/aromatic N) is 2. The van der Waals surface area contributed by atoms with Crippen molar-refractivity contribution < 1.29 is 4.79 Å². The average molecular weight is 284 g/mol. The lowest BCUT2D eigenvalue weighted by atomic mass is 10.1. The van der Waals surface area contributed by atoms with Gasteiger partial charge >= 0.3 is 0 Å². The Labute approximate surface area is 124 Å². The van der Waals surface area contributed by atoms with E-state index in [1.54, 1.807) is 18.2 Å². The fraction of sp³-hybridized carbons (Fsp3) is 0.500. The van der Waals surface area contributed by atoms with Crippen molar-refractivity contribution in [3.05, 3.63) is 23.8 Å². The highest BCUT2D eigenvalue weighted by molar-refractivity contribution is 5.81.